The third-order valence-corrected chi connectivity index (χ3v) is 3.58. The van der Waals surface area contributed by atoms with Gasteiger partial charge in [-0.15, -0.1) is 0 Å². The maximum atomic E-state index is 12.3. The average Bonchev–Trinajstić information content (AvgIpc) is 2.87. The normalized spacial score (nSPS) is 13.0. The highest BCUT2D eigenvalue weighted by Crippen LogP contribution is 2.29. The van der Waals surface area contributed by atoms with E-state index in [2.05, 4.69) is 4.37 Å². The molecule has 0 aliphatic carbocycles. The second kappa shape index (κ2) is 8.19. The Morgan fingerprint density at radius 1 is 1.45 bits per heavy atom. The van der Waals surface area contributed by atoms with Crippen LogP contribution in [0.2, 0.25) is 0 Å². The van der Waals surface area contributed by atoms with E-state index in [1.807, 2.05) is 13.8 Å². The lowest BCUT2D eigenvalue weighted by molar-refractivity contribution is -0.138. The molecule has 0 radical (unpaired) electrons. The van der Waals surface area contributed by atoms with E-state index in [-0.39, 0.29) is 12.3 Å². The molecule has 6 nitrogen and oxygen atoms in total. The van der Waals surface area contributed by atoms with Gasteiger partial charge in [-0.3, -0.25) is 4.90 Å². The summed E-state index contributed by atoms with van der Waals surface area (Å²) < 4.78 is 7.02. The van der Waals surface area contributed by atoms with Crippen molar-refractivity contribution in [3.63, 3.8) is 0 Å². The van der Waals surface area contributed by atoms with Crippen molar-refractivity contribution in [2.75, 3.05) is 11.5 Å². The number of ether oxygens (including phenoxy) is 1. The van der Waals surface area contributed by atoms with Gasteiger partial charge in [0, 0.05) is 6.20 Å². The van der Waals surface area contributed by atoms with E-state index in [1.165, 1.54) is 12.3 Å². The van der Waals surface area contributed by atoms with Crippen LogP contribution in [0.25, 0.3) is 0 Å². The van der Waals surface area contributed by atoms with Gasteiger partial charge >= 0.3 is 12.1 Å². The van der Waals surface area contributed by atoms with Crippen molar-refractivity contribution >= 4 is 63.4 Å². The molecule has 0 aromatic carbocycles. The van der Waals surface area contributed by atoms with Crippen LogP contribution >= 0.6 is 46.3 Å². The van der Waals surface area contributed by atoms with Crippen LogP contribution in [0, 0.1) is 5.92 Å². The minimum Gasteiger partial charge on any atom is -0.480 e. The fourth-order valence-corrected chi connectivity index (χ4v) is 2.49. The molecule has 0 spiro atoms. The van der Waals surface area contributed by atoms with E-state index in [4.69, 9.17) is 39.5 Å². The number of carbonyl (C=O) groups excluding carboxylic acids is 1. The summed E-state index contributed by atoms with van der Waals surface area (Å²) in [5.41, 5.74) is 0. The summed E-state index contributed by atoms with van der Waals surface area (Å²) in [6.07, 6.45) is 0.809. The molecule has 0 fully saturated rings. The Kier molecular flexibility index (Phi) is 7.18. The van der Waals surface area contributed by atoms with Crippen LogP contribution in [-0.4, -0.2) is 38.0 Å². The predicted molar refractivity (Wildman–Crippen MR) is 87.1 cm³/mol. The summed E-state index contributed by atoms with van der Waals surface area (Å²) in [7, 11) is 0. The standard InChI is InChI=1S/C12H15Cl3N2O4S/c1-7(2)5-8(10(18)19)17(9-3-4-16-22-9)11(20)21-6-12(13,14)15/h3-4,7-8H,5-6H2,1-2H3,(H,18,19). The maximum absolute atomic E-state index is 12.3. The van der Waals surface area contributed by atoms with Gasteiger partial charge in [-0.25, -0.2) is 9.59 Å². The van der Waals surface area contributed by atoms with Crippen LogP contribution in [-0.2, 0) is 9.53 Å². The summed E-state index contributed by atoms with van der Waals surface area (Å²) in [5, 5.41) is 9.77. The van der Waals surface area contributed by atoms with Crippen LogP contribution < -0.4 is 4.90 Å². The smallest absolute Gasteiger partial charge is 0.415 e. The Labute approximate surface area is 147 Å². The minimum absolute atomic E-state index is 0.0532. The molecule has 0 bridgehead atoms. The molecule has 0 aliphatic rings. The quantitative estimate of drug-likeness (QED) is 0.745. The number of alkyl halides is 3. The van der Waals surface area contributed by atoms with Crippen LogP contribution in [0.3, 0.4) is 0 Å². The molecule has 1 unspecified atom stereocenters. The molecule has 0 aliphatic heterocycles. The number of hydrogen-bond donors (Lipinski definition) is 1. The topological polar surface area (TPSA) is 79.7 Å². The first kappa shape index (κ1) is 19.3. The predicted octanol–water partition coefficient (Wildman–Crippen LogP) is 3.96. The van der Waals surface area contributed by atoms with Crippen LogP contribution in [0.5, 0.6) is 0 Å². The van der Waals surface area contributed by atoms with Crippen LogP contribution in [0.15, 0.2) is 12.3 Å². The first-order valence-electron chi connectivity index (χ1n) is 6.28. The SMILES string of the molecule is CC(C)CC(C(=O)O)N(C(=O)OCC(Cl)(Cl)Cl)c1ccns1. The van der Waals surface area contributed by atoms with Crippen molar-refractivity contribution < 1.29 is 19.4 Å². The molecule has 1 amide bonds. The number of amides is 1. The van der Waals surface area contributed by atoms with Gasteiger partial charge in [0.25, 0.3) is 0 Å². The lowest BCUT2D eigenvalue weighted by atomic mass is 10.0. The zero-order valence-electron chi connectivity index (χ0n) is 11.8. The summed E-state index contributed by atoms with van der Waals surface area (Å²) >= 11 is 17.6. The Balaban J connectivity index is 3.02. The van der Waals surface area contributed by atoms with Gasteiger partial charge in [0.15, 0.2) is 0 Å². The van der Waals surface area contributed by atoms with E-state index >= 15 is 0 Å². The average molecular weight is 390 g/mol. The fourth-order valence-electron chi connectivity index (χ4n) is 1.68. The molecule has 1 N–H and O–H groups in total. The second-order valence-corrected chi connectivity index (χ2v) is 8.20. The number of carboxylic acid groups (broad SMARTS) is 1. The van der Waals surface area contributed by atoms with Crippen molar-refractivity contribution in [3.8, 4) is 0 Å². The largest absolute Gasteiger partial charge is 0.480 e. The first-order valence-corrected chi connectivity index (χ1v) is 8.18. The molecular formula is C12H15Cl3N2O4S. The fraction of sp³-hybridized carbons (Fsp3) is 0.583. The number of hydrogen-bond acceptors (Lipinski definition) is 5. The van der Waals surface area contributed by atoms with E-state index in [0.717, 1.165) is 16.4 Å². The first-order chi connectivity index (χ1) is 10.1. The maximum Gasteiger partial charge on any atom is 0.415 e. The number of halogens is 3. The van der Waals surface area contributed by atoms with Crippen molar-refractivity contribution in [1.82, 2.24) is 4.37 Å². The van der Waals surface area contributed by atoms with Gasteiger partial charge in [-0.05, 0) is 29.9 Å². The lowest BCUT2D eigenvalue weighted by Gasteiger charge is -2.28. The Bertz CT molecular complexity index is 505. The minimum atomic E-state index is -1.77. The third-order valence-electron chi connectivity index (χ3n) is 2.51. The summed E-state index contributed by atoms with van der Waals surface area (Å²) in [6.45, 7) is 3.22. The van der Waals surface area contributed by atoms with Gasteiger partial charge < -0.3 is 9.84 Å². The molecular weight excluding hydrogens is 375 g/mol. The number of aliphatic carboxylic acids is 1. The molecule has 1 aromatic heterocycles. The van der Waals surface area contributed by atoms with Crippen molar-refractivity contribution in [1.29, 1.82) is 0 Å². The zero-order chi connectivity index (χ0) is 16.9. The lowest BCUT2D eigenvalue weighted by Crippen LogP contribution is -2.46. The van der Waals surface area contributed by atoms with Crippen molar-refractivity contribution in [2.45, 2.75) is 30.1 Å². The molecule has 10 heteroatoms. The Morgan fingerprint density at radius 3 is 2.50 bits per heavy atom. The van der Waals surface area contributed by atoms with Gasteiger partial charge in [-0.1, -0.05) is 48.7 Å². The summed E-state index contributed by atoms with van der Waals surface area (Å²) in [5.74, 6) is -1.09. The van der Waals surface area contributed by atoms with Gasteiger partial charge in [0.05, 0.1) is 0 Å². The molecule has 1 atom stereocenters. The monoisotopic (exact) mass is 388 g/mol. The molecule has 0 saturated heterocycles. The summed E-state index contributed by atoms with van der Waals surface area (Å²) in [6, 6.07) is 0.431. The van der Waals surface area contributed by atoms with E-state index in [0.29, 0.717) is 5.00 Å². The Hall–Kier alpha value is -0.760. The van der Waals surface area contributed by atoms with Gasteiger partial charge in [0.2, 0.25) is 3.79 Å². The van der Waals surface area contributed by atoms with E-state index in [1.54, 1.807) is 0 Å². The number of carbonyl (C=O) groups is 2. The van der Waals surface area contributed by atoms with E-state index in [9.17, 15) is 14.7 Å². The zero-order valence-corrected chi connectivity index (χ0v) is 14.9. The molecule has 1 aromatic rings. The van der Waals surface area contributed by atoms with Crippen molar-refractivity contribution in [2.24, 2.45) is 5.92 Å². The van der Waals surface area contributed by atoms with Crippen LogP contribution in [0.1, 0.15) is 20.3 Å². The highest BCUT2D eigenvalue weighted by Gasteiger charge is 2.35. The van der Waals surface area contributed by atoms with E-state index < -0.39 is 28.5 Å². The number of anilines is 1. The highest BCUT2D eigenvalue weighted by molar-refractivity contribution is 7.10. The van der Waals surface area contributed by atoms with Crippen LogP contribution in [0.4, 0.5) is 9.80 Å². The number of aromatic nitrogens is 1. The number of rotatable bonds is 6. The van der Waals surface area contributed by atoms with Gasteiger partial charge in [0.1, 0.15) is 17.6 Å². The third kappa shape index (κ3) is 6.16. The molecule has 22 heavy (non-hydrogen) atoms. The summed E-state index contributed by atoms with van der Waals surface area (Å²) in [4.78, 5) is 24.8. The molecule has 0 saturated carbocycles. The Morgan fingerprint density at radius 2 is 2.09 bits per heavy atom. The molecule has 124 valence electrons. The molecule has 1 heterocycles. The highest BCUT2D eigenvalue weighted by atomic mass is 35.6. The molecule has 1 rings (SSSR count). The van der Waals surface area contributed by atoms with Gasteiger partial charge in [-0.2, -0.15) is 4.37 Å². The number of carboxylic acids is 1. The van der Waals surface area contributed by atoms with Crippen molar-refractivity contribution in [3.05, 3.63) is 12.3 Å². The second-order valence-electron chi connectivity index (χ2n) is 4.87. The number of nitrogens with zero attached hydrogens (tertiary/aromatic N) is 2.